The van der Waals surface area contributed by atoms with Crippen molar-refractivity contribution in [3.05, 3.63) is 42.6 Å². The fourth-order valence-electron chi connectivity index (χ4n) is 2.35. The van der Waals surface area contributed by atoms with Gasteiger partial charge in [0, 0.05) is 30.6 Å². The molecule has 1 aliphatic rings. The number of nitrogens with zero attached hydrogens (tertiary/aromatic N) is 2. The Kier molecular flexibility index (Phi) is 4.80. The van der Waals surface area contributed by atoms with Crippen LogP contribution in [-0.2, 0) is 9.53 Å². The smallest absolute Gasteiger partial charge is 0.244 e. The average Bonchev–Trinajstić information content (AvgIpc) is 2.56. The van der Waals surface area contributed by atoms with Gasteiger partial charge in [-0.2, -0.15) is 5.10 Å². The summed E-state index contributed by atoms with van der Waals surface area (Å²) in [5.41, 5.74) is 0.649. The highest BCUT2D eigenvalue weighted by Crippen LogP contribution is 2.22. The first-order chi connectivity index (χ1) is 11.2. The standard InChI is InChI=1S/C16H18N4O3/c1-11-15(17-8-9-22-11)16(21)19-12-4-2-5-13(10-12)23-14-6-3-7-18-20-14/h2-7,10-11,15,17H,8-9H2,1H3,(H,19,21)/t11-,15+/m1/s1. The fraction of sp³-hybridized carbons (Fsp3) is 0.312. The summed E-state index contributed by atoms with van der Waals surface area (Å²) in [6.07, 6.45) is 1.41. The molecule has 0 unspecified atom stereocenters. The van der Waals surface area contributed by atoms with Gasteiger partial charge in [-0.25, -0.2) is 0 Å². The molecule has 1 saturated heterocycles. The molecule has 2 atom stereocenters. The van der Waals surface area contributed by atoms with E-state index in [0.29, 0.717) is 30.5 Å². The summed E-state index contributed by atoms with van der Waals surface area (Å²) in [7, 11) is 0. The highest BCUT2D eigenvalue weighted by atomic mass is 16.5. The molecule has 2 aromatic rings. The molecule has 1 amide bonds. The number of ether oxygens (including phenoxy) is 2. The lowest BCUT2D eigenvalue weighted by molar-refractivity contribution is -0.123. The minimum atomic E-state index is -0.367. The minimum Gasteiger partial charge on any atom is -0.437 e. The third-order valence-corrected chi connectivity index (χ3v) is 3.47. The Bertz CT molecular complexity index is 665. The molecule has 0 bridgehead atoms. The zero-order chi connectivity index (χ0) is 16.1. The van der Waals surface area contributed by atoms with Gasteiger partial charge in [0.05, 0.1) is 12.7 Å². The summed E-state index contributed by atoms with van der Waals surface area (Å²) in [6, 6.07) is 10.2. The van der Waals surface area contributed by atoms with Crippen LogP contribution < -0.4 is 15.4 Å². The van der Waals surface area contributed by atoms with Crippen LogP contribution >= 0.6 is 0 Å². The molecular weight excluding hydrogens is 296 g/mol. The third-order valence-electron chi connectivity index (χ3n) is 3.47. The molecule has 120 valence electrons. The van der Waals surface area contributed by atoms with Crippen molar-refractivity contribution < 1.29 is 14.3 Å². The predicted octanol–water partition coefficient (Wildman–Crippen LogP) is 1.58. The van der Waals surface area contributed by atoms with E-state index >= 15 is 0 Å². The lowest BCUT2D eigenvalue weighted by atomic mass is 10.1. The summed E-state index contributed by atoms with van der Waals surface area (Å²) >= 11 is 0. The molecule has 1 aromatic carbocycles. The van der Waals surface area contributed by atoms with E-state index in [2.05, 4.69) is 20.8 Å². The first-order valence-corrected chi connectivity index (χ1v) is 7.44. The Morgan fingerprint density at radius 2 is 2.30 bits per heavy atom. The molecule has 23 heavy (non-hydrogen) atoms. The number of morpholine rings is 1. The Balaban J connectivity index is 1.66. The SMILES string of the molecule is C[C@H]1OCCN[C@@H]1C(=O)Nc1cccc(Oc2cccnn2)c1. The van der Waals surface area contributed by atoms with Crippen LogP contribution in [0.25, 0.3) is 0 Å². The summed E-state index contributed by atoms with van der Waals surface area (Å²) in [4.78, 5) is 12.3. The zero-order valence-electron chi connectivity index (χ0n) is 12.7. The van der Waals surface area contributed by atoms with Gasteiger partial charge < -0.3 is 20.1 Å². The predicted molar refractivity (Wildman–Crippen MR) is 84.4 cm³/mol. The Labute approximate surface area is 134 Å². The lowest BCUT2D eigenvalue weighted by Gasteiger charge is -2.29. The largest absolute Gasteiger partial charge is 0.437 e. The fourth-order valence-corrected chi connectivity index (χ4v) is 2.35. The summed E-state index contributed by atoms with van der Waals surface area (Å²) in [5.74, 6) is 0.838. The van der Waals surface area contributed by atoms with Crippen LogP contribution in [0.3, 0.4) is 0 Å². The number of hydrogen-bond donors (Lipinski definition) is 2. The number of carbonyl (C=O) groups is 1. The van der Waals surface area contributed by atoms with Gasteiger partial charge in [-0.05, 0) is 25.1 Å². The second-order valence-corrected chi connectivity index (χ2v) is 5.19. The van der Waals surface area contributed by atoms with Crippen LogP contribution in [0.15, 0.2) is 42.6 Å². The average molecular weight is 314 g/mol. The van der Waals surface area contributed by atoms with Crippen LogP contribution in [0.2, 0.25) is 0 Å². The van der Waals surface area contributed by atoms with Crippen LogP contribution in [0.4, 0.5) is 5.69 Å². The van der Waals surface area contributed by atoms with Crippen molar-refractivity contribution in [2.45, 2.75) is 19.1 Å². The molecule has 0 saturated carbocycles. The molecule has 2 N–H and O–H groups in total. The summed E-state index contributed by atoms with van der Waals surface area (Å²) in [6.45, 7) is 3.16. The quantitative estimate of drug-likeness (QED) is 0.891. The van der Waals surface area contributed by atoms with Crippen molar-refractivity contribution in [2.75, 3.05) is 18.5 Å². The number of hydrogen-bond acceptors (Lipinski definition) is 6. The molecule has 3 rings (SSSR count). The molecule has 7 nitrogen and oxygen atoms in total. The van der Waals surface area contributed by atoms with Crippen molar-refractivity contribution in [1.29, 1.82) is 0 Å². The van der Waals surface area contributed by atoms with Crippen molar-refractivity contribution in [3.8, 4) is 11.6 Å². The van der Waals surface area contributed by atoms with Crippen molar-refractivity contribution >= 4 is 11.6 Å². The number of nitrogens with one attached hydrogen (secondary N) is 2. The maximum Gasteiger partial charge on any atom is 0.244 e. The number of anilines is 1. The zero-order valence-corrected chi connectivity index (χ0v) is 12.7. The highest BCUT2D eigenvalue weighted by Gasteiger charge is 2.28. The van der Waals surface area contributed by atoms with Gasteiger partial charge in [0.1, 0.15) is 11.8 Å². The minimum absolute atomic E-state index is 0.131. The van der Waals surface area contributed by atoms with Crippen LogP contribution in [0.5, 0.6) is 11.6 Å². The van der Waals surface area contributed by atoms with Gasteiger partial charge in [0.15, 0.2) is 0 Å². The van der Waals surface area contributed by atoms with Gasteiger partial charge in [0.25, 0.3) is 0 Å². The van der Waals surface area contributed by atoms with Crippen molar-refractivity contribution in [3.63, 3.8) is 0 Å². The first-order valence-electron chi connectivity index (χ1n) is 7.44. The van der Waals surface area contributed by atoms with Gasteiger partial charge >= 0.3 is 0 Å². The Morgan fingerprint density at radius 1 is 1.39 bits per heavy atom. The van der Waals surface area contributed by atoms with Gasteiger partial charge in [-0.15, -0.1) is 5.10 Å². The number of aromatic nitrogens is 2. The molecular formula is C16H18N4O3. The molecule has 1 aromatic heterocycles. The first kappa shape index (κ1) is 15.4. The molecule has 0 radical (unpaired) electrons. The van der Waals surface area contributed by atoms with Gasteiger partial charge in [0.2, 0.25) is 11.8 Å². The molecule has 0 spiro atoms. The summed E-state index contributed by atoms with van der Waals surface area (Å²) < 4.78 is 11.1. The van der Waals surface area contributed by atoms with E-state index in [-0.39, 0.29) is 18.1 Å². The molecule has 7 heteroatoms. The van der Waals surface area contributed by atoms with Crippen molar-refractivity contribution in [1.82, 2.24) is 15.5 Å². The summed E-state index contributed by atoms with van der Waals surface area (Å²) in [5, 5.41) is 13.6. The van der Waals surface area contributed by atoms with E-state index in [1.807, 2.05) is 6.92 Å². The van der Waals surface area contributed by atoms with E-state index in [4.69, 9.17) is 9.47 Å². The second-order valence-electron chi connectivity index (χ2n) is 5.19. The molecule has 0 aliphatic carbocycles. The third kappa shape index (κ3) is 4.02. The number of amides is 1. The van der Waals surface area contributed by atoms with Gasteiger partial charge in [-0.1, -0.05) is 6.07 Å². The second kappa shape index (κ2) is 7.17. The lowest BCUT2D eigenvalue weighted by Crippen LogP contribution is -2.53. The normalized spacial score (nSPS) is 20.7. The number of carbonyl (C=O) groups excluding carboxylic acids is 1. The van der Waals surface area contributed by atoms with E-state index in [1.54, 1.807) is 42.6 Å². The molecule has 1 aliphatic heterocycles. The van der Waals surface area contributed by atoms with Gasteiger partial charge in [-0.3, -0.25) is 4.79 Å². The highest BCUT2D eigenvalue weighted by molar-refractivity contribution is 5.95. The van der Waals surface area contributed by atoms with E-state index in [0.717, 1.165) is 0 Å². The van der Waals surface area contributed by atoms with E-state index in [9.17, 15) is 4.79 Å². The topological polar surface area (TPSA) is 85.4 Å². The number of rotatable bonds is 4. The van der Waals surface area contributed by atoms with Crippen LogP contribution in [0.1, 0.15) is 6.92 Å². The van der Waals surface area contributed by atoms with E-state index < -0.39 is 0 Å². The maximum atomic E-state index is 12.3. The van der Waals surface area contributed by atoms with Crippen molar-refractivity contribution in [2.24, 2.45) is 0 Å². The Morgan fingerprint density at radius 3 is 3.09 bits per heavy atom. The molecule has 1 fully saturated rings. The molecule has 2 heterocycles. The van der Waals surface area contributed by atoms with Crippen LogP contribution in [0, 0.1) is 0 Å². The number of benzene rings is 1. The maximum absolute atomic E-state index is 12.3. The monoisotopic (exact) mass is 314 g/mol. The Hall–Kier alpha value is -2.51. The van der Waals surface area contributed by atoms with E-state index in [1.165, 1.54) is 0 Å². The van der Waals surface area contributed by atoms with Crippen LogP contribution in [-0.4, -0.2) is 41.4 Å².